The molecule has 5 heterocycles. The largest absolute Gasteiger partial charge is 0.496 e. The van der Waals surface area contributed by atoms with Crippen LogP contribution in [-0.4, -0.2) is 78.5 Å². The summed E-state index contributed by atoms with van der Waals surface area (Å²) in [5.41, 5.74) is 2.97. The van der Waals surface area contributed by atoms with Gasteiger partial charge in [-0.25, -0.2) is 4.98 Å². The molecule has 3 aromatic rings. The van der Waals surface area contributed by atoms with Crippen LogP contribution in [0.2, 0.25) is 0 Å². The van der Waals surface area contributed by atoms with Crippen molar-refractivity contribution < 1.29 is 19.4 Å². The van der Waals surface area contributed by atoms with Crippen molar-refractivity contribution in [2.24, 2.45) is 11.8 Å². The monoisotopic (exact) mass is 504 g/mol. The number of amides is 1. The molecule has 37 heavy (non-hydrogen) atoms. The van der Waals surface area contributed by atoms with Gasteiger partial charge in [0.05, 0.1) is 44.1 Å². The molecule has 0 saturated carbocycles. The molecule has 2 unspecified atom stereocenters. The van der Waals surface area contributed by atoms with Crippen molar-refractivity contribution in [2.75, 3.05) is 56.3 Å². The molecule has 3 atom stereocenters. The van der Waals surface area contributed by atoms with Gasteiger partial charge in [0.25, 0.3) is 0 Å². The zero-order valence-electron chi connectivity index (χ0n) is 21.2. The van der Waals surface area contributed by atoms with Gasteiger partial charge in [-0.3, -0.25) is 4.79 Å². The lowest BCUT2D eigenvalue weighted by molar-refractivity contribution is -0.124. The maximum absolute atomic E-state index is 12.0. The summed E-state index contributed by atoms with van der Waals surface area (Å²) in [4.78, 5) is 31.4. The zero-order chi connectivity index (χ0) is 25.5. The minimum Gasteiger partial charge on any atom is -0.496 e. The van der Waals surface area contributed by atoms with E-state index >= 15 is 0 Å². The quantitative estimate of drug-likeness (QED) is 0.539. The summed E-state index contributed by atoms with van der Waals surface area (Å²) in [5.74, 6) is 3.00. The number of aromatic nitrogens is 3. The second-order valence-corrected chi connectivity index (χ2v) is 10.2. The van der Waals surface area contributed by atoms with Crippen LogP contribution in [0.1, 0.15) is 18.9 Å². The minimum atomic E-state index is -0.120. The van der Waals surface area contributed by atoms with Gasteiger partial charge in [-0.15, -0.1) is 0 Å². The maximum atomic E-state index is 12.0. The number of nitrogens with one attached hydrogen (secondary N) is 1. The minimum absolute atomic E-state index is 0.120. The molecule has 10 heteroatoms. The van der Waals surface area contributed by atoms with Crippen LogP contribution in [0.4, 0.5) is 11.8 Å². The van der Waals surface area contributed by atoms with Gasteiger partial charge < -0.3 is 29.7 Å². The third-order valence-electron chi connectivity index (χ3n) is 7.78. The summed E-state index contributed by atoms with van der Waals surface area (Å²) in [6, 6.07) is 9.87. The number of aliphatic hydroxyl groups is 1. The van der Waals surface area contributed by atoms with E-state index in [4.69, 9.17) is 24.4 Å². The summed E-state index contributed by atoms with van der Waals surface area (Å²) in [5, 5.41) is 13.7. The molecular formula is C27H32N6O4. The van der Waals surface area contributed by atoms with Crippen molar-refractivity contribution in [2.45, 2.75) is 26.0 Å². The van der Waals surface area contributed by atoms with Crippen LogP contribution >= 0.6 is 0 Å². The lowest BCUT2D eigenvalue weighted by Gasteiger charge is -2.35. The van der Waals surface area contributed by atoms with Gasteiger partial charge in [-0.05, 0) is 49.1 Å². The second kappa shape index (κ2) is 9.75. The Labute approximate surface area is 215 Å². The van der Waals surface area contributed by atoms with E-state index < -0.39 is 0 Å². The number of fused-ring (bicyclic) bond motifs is 2. The van der Waals surface area contributed by atoms with E-state index in [1.165, 1.54) is 0 Å². The number of morpholine rings is 1. The molecule has 3 saturated heterocycles. The number of piperidine rings is 1. The van der Waals surface area contributed by atoms with Crippen molar-refractivity contribution in [3.8, 4) is 17.0 Å². The topological polar surface area (TPSA) is 113 Å². The lowest BCUT2D eigenvalue weighted by Crippen LogP contribution is -2.44. The van der Waals surface area contributed by atoms with Gasteiger partial charge in [0.1, 0.15) is 11.6 Å². The standard InChI is InChI=1S/C27H32N6O4/c1-16-15-37-8-7-33(16)26-21-4-5-22(17-3-6-23(36-2)19(9-17)14-34)29-25(21)30-27(31-26)32-12-18-10-24(35)28-11-20(18)13-32/h3-6,9,16,18,20,34H,7-8,10-15H2,1-2H3,(H,28,35)/t16-,18?,20?/m0/s1. The summed E-state index contributed by atoms with van der Waals surface area (Å²) >= 11 is 0. The number of aliphatic hydroxyl groups excluding tert-OH is 1. The summed E-state index contributed by atoms with van der Waals surface area (Å²) in [6.07, 6.45) is 0.551. The lowest BCUT2D eigenvalue weighted by atomic mass is 9.89. The Kier molecular flexibility index (Phi) is 6.29. The Bertz CT molecular complexity index is 1330. The predicted octanol–water partition coefficient (Wildman–Crippen LogP) is 1.99. The van der Waals surface area contributed by atoms with E-state index in [0.717, 1.165) is 42.1 Å². The normalized spacial score (nSPS) is 23.8. The Morgan fingerprint density at radius 3 is 2.84 bits per heavy atom. The van der Waals surface area contributed by atoms with Gasteiger partial charge in [-0.1, -0.05) is 0 Å². The van der Waals surface area contributed by atoms with E-state index in [0.29, 0.717) is 60.9 Å². The van der Waals surface area contributed by atoms with Crippen molar-refractivity contribution in [1.29, 1.82) is 0 Å². The molecule has 0 radical (unpaired) electrons. The molecule has 2 aromatic heterocycles. The Morgan fingerprint density at radius 2 is 2.03 bits per heavy atom. The number of carbonyl (C=O) groups excluding carboxylic acids is 1. The second-order valence-electron chi connectivity index (χ2n) is 10.2. The third kappa shape index (κ3) is 4.44. The highest BCUT2D eigenvalue weighted by molar-refractivity contribution is 5.90. The number of pyridine rings is 1. The highest BCUT2D eigenvalue weighted by Gasteiger charge is 2.38. The molecule has 3 aliphatic heterocycles. The van der Waals surface area contributed by atoms with Gasteiger partial charge in [0.2, 0.25) is 11.9 Å². The van der Waals surface area contributed by atoms with Crippen molar-refractivity contribution in [1.82, 2.24) is 20.3 Å². The molecule has 1 amide bonds. The van der Waals surface area contributed by atoms with Crippen LogP contribution in [0.3, 0.4) is 0 Å². The first-order valence-corrected chi connectivity index (χ1v) is 12.9. The fourth-order valence-electron chi connectivity index (χ4n) is 5.73. The highest BCUT2D eigenvalue weighted by Crippen LogP contribution is 2.35. The number of benzene rings is 1. The van der Waals surface area contributed by atoms with Crippen LogP contribution in [0.5, 0.6) is 5.75 Å². The Balaban J connectivity index is 1.43. The van der Waals surface area contributed by atoms with Crippen LogP contribution in [0, 0.1) is 11.8 Å². The molecule has 3 aliphatic rings. The highest BCUT2D eigenvalue weighted by atomic mass is 16.5. The molecule has 0 bridgehead atoms. The van der Waals surface area contributed by atoms with Crippen molar-refractivity contribution >= 4 is 28.7 Å². The maximum Gasteiger partial charge on any atom is 0.229 e. The van der Waals surface area contributed by atoms with E-state index in [1.54, 1.807) is 7.11 Å². The average molecular weight is 505 g/mol. The molecule has 0 aliphatic carbocycles. The number of methoxy groups -OCH3 is 1. The van der Waals surface area contributed by atoms with E-state index in [9.17, 15) is 9.90 Å². The molecule has 194 valence electrons. The summed E-state index contributed by atoms with van der Waals surface area (Å²) < 4.78 is 11.0. The van der Waals surface area contributed by atoms with Crippen LogP contribution < -0.4 is 19.9 Å². The van der Waals surface area contributed by atoms with Gasteiger partial charge in [0, 0.05) is 43.7 Å². The van der Waals surface area contributed by atoms with Crippen LogP contribution in [0.15, 0.2) is 30.3 Å². The fourth-order valence-corrected chi connectivity index (χ4v) is 5.73. The van der Waals surface area contributed by atoms with Crippen LogP contribution in [0.25, 0.3) is 22.3 Å². The molecule has 3 fully saturated rings. The van der Waals surface area contributed by atoms with Crippen LogP contribution in [-0.2, 0) is 16.1 Å². The molecule has 10 nitrogen and oxygen atoms in total. The van der Waals surface area contributed by atoms with E-state index in [2.05, 4.69) is 22.0 Å². The molecule has 0 spiro atoms. The summed E-state index contributed by atoms with van der Waals surface area (Å²) in [6.45, 7) is 6.34. The number of anilines is 2. The zero-order valence-corrected chi connectivity index (χ0v) is 21.2. The Morgan fingerprint density at radius 1 is 1.16 bits per heavy atom. The molecule has 6 rings (SSSR count). The smallest absolute Gasteiger partial charge is 0.229 e. The molecule has 1 aromatic carbocycles. The number of rotatable bonds is 5. The SMILES string of the molecule is COc1ccc(-c2ccc3c(N4CCOC[C@@H]4C)nc(N4CC5CNC(=O)CC5C4)nc3n2)cc1CO. The van der Waals surface area contributed by atoms with E-state index in [-0.39, 0.29) is 18.6 Å². The van der Waals surface area contributed by atoms with Crippen molar-refractivity contribution in [3.63, 3.8) is 0 Å². The van der Waals surface area contributed by atoms with Gasteiger partial charge in [0.15, 0.2) is 5.65 Å². The first-order valence-electron chi connectivity index (χ1n) is 12.9. The number of ether oxygens (including phenoxy) is 2. The third-order valence-corrected chi connectivity index (χ3v) is 7.78. The van der Waals surface area contributed by atoms with Gasteiger partial charge in [-0.2, -0.15) is 9.97 Å². The Hall–Kier alpha value is -3.50. The number of carbonyl (C=O) groups is 1. The number of hydrogen-bond donors (Lipinski definition) is 2. The first kappa shape index (κ1) is 23.9. The number of nitrogens with zero attached hydrogens (tertiary/aromatic N) is 5. The van der Waals surface area contributed by atoms with Crippen molar-refractivity contribution in [3.05, 3.63) is 35.9 Å². The van der Waals surface area contributed by atoms with Gasteiger partial charge >= 0.3 is 0 Å². The van der Waals surface area contributed by atoms with E-state index in [1.807, 2.05) is 30.3 Å². The fraction of sp³-hybridized carbons (Fsp3) is 0.481. The summed E-state index contributed by atoms with van der Waals surface area (Å²) in [7, 11) is 1.59. The first-order chi connectivity index (χ1) is 18.0. The molecule has 2 N–H and O–H groups in total. The molecular weight excluding hydrogens is 472 g/mol. The predicted molar refractivity (Wildman–Crippen MR) is 140 cm³/mol. The average Bonchev–Trinajstić information content (AvgIpc) is 3.35. The number of hydrogen-bond acceptors (Lipinski definition) is 9.